The smallest absolute Gasteiger partial charge is 0.278 e. The largest absolute Gasteiger partial charge is 0.339 e. The first kappa shape index (κ1) is 16.5. The predicted molar refractivity (Wildman–Crippen MR) is 102 cm³/mol. The van der Waals surface area contributed by atoms with Crippen molar-refractivity contribution in [3.8, 4) is 0 Å². The predicted octanol–water partition coefficient (Wildman–Crippen LogP) is 2.39. The monoisotopic (exact) mass is 380 g/mol. The molecule has 0 bridgehead atoms. The molecule has 2 aromatic rings. The molecule has 2 aromatic carbocycles. The Kier molecular flexibility index (Phi) is 3.33. The van der Waals surface area contributed by atoms with E-state index in [9.17, 15) is 14.4 Å². The Morgan fingerprint density at radius 3 is 2.37 bits per heavy atom. The number of ketones is 1. The number of anilines is 2. The van der Waals surface area contributed by atoms with E-state index in [0.29, 0.717) is 11.3 Å². The zero-order chi connectivity index (χ0) is 18.9. The highest BCUT2D eigenvalue weighted by Gasteiger charge is 2.64. The van der Waals surface area contributed by atoms with E-state index in [1.54, 1.807) is 43.3 Å². The number of hydrogen-bond acceptors (Lipinski definition) is 5. The molecule has 2 amide bonds. The molecular formula is C20H16N2O4S. The van der Waals surface area contributed by atoms with Crippen LogP contribution in [-0.2, 0) is 14.3 Å². The first-order valence-electron chi connectivity index (χ1n) is 8.60. The lowest BCUT2D eigenvalue weighted by Crippen LogP contribution is -2.55. The van der Waals surface area contributed by atoms with Crippen LogP contribution in [0.4, 0.5) is 11.4 Å². The minimum Gasteiger partial charge on any atom is -0.339 e. The van der Waals surface area contributed by atoms with Gasteiger partial charge < -0.3 is 14.5 Å². The topological polar surface area (TPSA) is 66.9 Å². The average Bonchev–Trinajstić information content (AvgIpc) is 3.11. The van der Waals surface area contributed by atoms with Crippen molar-refractivity contribution in [2.24, 2.45) is 0 Å². The number of Topliss-reactive ketones (excluding diaryl/α,β-unsaturated/α-hetero) is 1. The maximum absolute atomic E-state index is 13.3. The van der Waals surface area contributed by atoms with Gasteiger partial charge in [0, 0.05) is 30.9 Å². The van der Waals surface area contributed by atoms with Crippen molar-refractivity contribution in [3.05, 3.63) is 59.7 Å². The lowest BCUT2D eigenvalue weighted by Gasteiger charge is -2.36. The summed E-state index contributed by atoms with van der Waals surface area (Å²) in [5.74, 6) is -1.00. The van der Waals surface area contributed by atoms with Crippen molar-refractivity contribution < 1.29 is 19.1 Å². The van der Waals surface area contributed by atoms with E-state index < -0.39 is 28.0 Å². The van der Waals surface area contributed by atoms with Gasteiger partial charge in [-0.1, -0.05) is 42.1 Å². The fourth-order valence-electron chi connectivity index (χ4n) is 4.03. The van der Waals surface area contributed by atoms with Gasteiger partial charge in [0.2, 0.25) is 11.7 Å². The fraction of sp³-hybridized carbons (Fsp3) is 0.250. The van der Waals surface area contributed by atoms with Crippen molar-refractivity contribution in [2.75, 3.05) is 23.9 Å². The van der Waals surface area contributed by atoms with Gasteiger partial charge in [0.25, 0.3) is 10.8 Å². The summed E-state index contributed by atoms with van der Waals surface area (Å²) in [5, 5.41) is -0.642. The molecule has 1 spiro atoms. The van der Waals surface area contributed by atoms with Gasteiger partial charge in [-0.2, -0.15) is 0 Å². The summed E-state index contributed by atoms with van der Waals surface area (Å²) in [7, 11) is 3.33. The highest BCUT2D eigenvalue weighted by Crippen LogP contribution is 2.56. The van der Waals surface area contributed by atoms with Crippen molar-refractivity contribution >= 4 is 40.7 Å². The van der Waals surface area contributed by atoms with Crippen LogP contribution in [-0.4, -0.2) is 41.9 Å². The second-order valence-electron chi connectivity index (χ2n) is 6.86. The minimum absolute atomic E-state index is 0.164. The highest BCUT2D eigenvalue weighted by molar-refractivity contribution is 8.03. The summed E-state index contributed by atoms with van der Waals surface area (Å²) in [6.07, 6.45) is -0.638. The summed E-state index contributed by atoms with van der Waals surface area (Å²) in [4.78, 5) is 40.7. The Labute approximate surface area is 160 Å². The van der Waals surface area contributed by atoms with E-state index in [4.69, 9.17) is 4.74 Å². The number of carbonyl (C=O) groups is 3. The number of hydrogen-bond donors (Lipinski definition) is 0. The summed E-state index contributed by atoms with van der Waals surface area (Å²) < 4.78 is 6.17. The van der Waals surface area contributed by atoms with E-state index in [1.807, 2.05) is 24.3 Å². The zero-order valence-electron chi connectivity index (χ0n) is 14.7. The third kappa shape index (κ3) is 1.98. The molecule has 1 fully saturated rings. The van der Waals surface area contributed by atoms with E-state index in [-0.39, 0.29) is 5.91 Å². The maximum Gasteiger partial charge on any atom is 0.278 e. The summed E-state index contributed by atoms with van der Waals surface area (Å²) in [5.41, 5.74) is 2.54. The second-order valence-corrected chi connectivity index (χ2v) is 8.18. The van der Waals surface area contributed by atoms with E-state index in [2.05, 4.69) is 0 Å². The Bertz CT molecular complexity index is 1020. The summed E-state index contributed by atoms with van der Waals surface area (Å²) in [6.45, 7) is 0. The molecule has 6 nitrogen and oxygen atoms in total. The van der Waals surface area contributed by atoms with Gasteiger partial charge in [-0.15, -0.1) is 0 Å². The van der Waals surface area contributed by atoms with Crippen molar-refractivity contribution in [1.29, 1.82) is 0 Å². The SMILES string of the molecule is CN1C(=O)C2(OC3c4ccccc4N(C)C(=O)C3S2)C(=O)c2ccccc21. The van der Waals surface area contributed by atoms with Crippen LogP contribution in [0.5, 0.6) is 0 Å². The molecule has 3 heterocycles. The Morgan fingerprint density at radius 1 is 0.926 bits per heavy atom. The van der Waals surface area contributed by atoms with Crippen molar-refractivity contribution in [3.63, 3.8) is 0 Å². The lowest BCUT2D eigenvalue weighted by atomic mass is 9.95. The van der Waals surface area contributed by atoms with Crippen LogP contribution in [0, 0.1) is 0 Å². The van der Waals surface area contributed by atoms with Gasteiger partial charge >= 0.3 is 0 Å². The Morgan fingerprint density at radius 2 is 1.59 bits per heavy atom. The van der Waals surface area contributed by atoms with Crippen LogP contribution >= 0.6 is 11.8 Å². The van der Waals surface area contributed by atoms with E-state index >= 15 is 0 Å². The average molecular weight is 380 g/mol. The molecule has 0 saturated carbocycles. The fourth-order valence-corrected chi connectivity index (χ4v) is 5.59. The molecule has 3 aliphatic rings. The second kappa shape index (κ2) is 5.43. The molecule has 1 saturated heterocycles. The quantitative estimate of drug-likeness (QED) is 0.657. The van der Waals surface area contributed by atoms with Crippen LogP contribution in [0.2, 0.25) is 0 Å². The van der Waals surface area contributed by atoms with Gasteiger partial charge in [-0.05, 0) is 18.2 Å². The summed E-state index contributed by atoms with van der Waals surface area (Å²) >= 11 is 1.02. The van der Waals surface area contributed by atoms with Gasteiger partial charge in [0.1, 0.15) is 11.4 Å². The number of rotatable bonds is 0. The molecule has 0 aliphatic carbocycles. The van der Waals surface area contributed by atoms with Crippen LogP contribution < -0.4 is 9.80 Å². The van der Waals surface area contributed by atoms with Crippen LogP contribution in [0.15, 0.2) is 48.5 Å². The molecular weight excluding hydrogens is 364 g/mol. The number of carbonyl (C=O) groups excluding carboxylic acids is 3. The first-order chi connectivity index (χ1) is 13.0. The maximum atomic E-state index is 13.3. The first-order valence-corrected chi connectivity index (χ1v) is 9.48. The molecule has 0 aromatic heterocycles. The number of nitrogens with zero attached hydrogens (tertiary/aromatic N) is 2. The number of benzene rings is 2. The molecule has 3 unspecified atom stereocenters. The third-order valence-corrected chi connectivity index (χ3v) is 6.93. The number of ether oxygens (including phenoxy) is 1. The van der Waals surface area contributed by atoms with Gasteiger partial charge in [-0.3, -0.25) is 14.4 Å². The molecule has 0 radical (unpaired) electrons. The molecule has 0 N–H and O–H groups in total. The molecule has 3 aliphatic heterocycles. The molecule has 136 valence electrons. The number of fused-ring (bicyclic) bond motifs is 4. The molecule has 5 rings (SSSR count). The van der Waals surface area contributed by atoms with Gasteiger partial charge in [0.05, 0.1) is 5.69 Å². The number of likely N-dealkylation sites (N-methyl/N-ethyl adjacent to an activating group) is 1. The standard InChI is InChI=1S/C20H16N2O4S/c1-21-13-9-5-3-7-11(13)15-16(18(21)24)27-20(26-15)17(23)12-8-4-6-10-14(12)22(2)19(20)25/h3-10,15-16H,1-2H3. The zero-order valence-corrected chi connectivity index (χ0v) is 15.5. The van der Waals surface area contributed by atoms with Crippen molar-refractivity contribution in [2.45, 2.75) is 16.3 Å². The van der Waals surface area contributed by atoms with Gasteiger partial charge in [0.15, 0.2) is 0 Å². The van der Waals surface area contributed by atoms with Crippen LogP contribution in [0.3, 0.4) is 0 Å². The number of para-hydroxylation sites is 2. The van der Waals surface area contributed by atoms with Crippen molar-refractivity contribution in [1.82, 2.24) is 0 Å². The molecule has 3 atom stereocenters. The third-order valence-electron chi connectivity index (χ3n) is 5.43. The summed E-state index contributed by atoms with van der Waals surface area (Å²) in [6, 6.07) is 14.4. The van der Waals surface area contributed by atoms with Crippen LogP contribution in [0.25, 0.3) is 0 Å². The molecule has 7 heteroatoms. The lowest BCUT2D eigenvalue weighted by molar-refractivity contribution is -0.134. The van der Waals surface area contributed by atoms with Crippen LogP contribution in [0.1, 0.15) is 22.0 Å². The minimum atomic E-state index is -1.73. The Balaban J connectivity index is 1.66. The normalized spacial score (nSPS) is 29.0. The molecule has 27 heavy (non-hydrogen) atoms. The number of thioether (sulfide) groups is 1. The highest BCUT2D eigenvalue weighted by atomic mass is 32.2. The number of amides is 2. The van der Waals surface area contributed by atoms with E-state index in [1.165, 1.54) is 4.90 Å². The Hall–Kier alpha value is -2.64. The van der Waals surface area contributed by atoms with Gasteiger partial charge in [-0.25, -0.2) is 0 Å². The van der Waals surface area contributed by atoms with E-state index in [0.717, 1.165) is 23.0 Å².